The third-order valence-corrected chi connectivity index (χ3v) is 5.50. The molecule has 0 saturated carbocycles. The van der Waals surface area contributed by atoms with Crippen molar-refractivity contribution in [3.8, 4) is 5.75 Å². The van der Waals surface area contributed by atoms with Crippen LogP contribution in [0.1, 0.15) is 52.6 Å². The van der Waals surface area contributed by atoms with Crippen LogP contribution in [0.5, 0.6) is 5.75 Å². The first-order valence-corrected chi connectivity index (χ1v) is 10.9. The van der Waals surface area contributed by atoms with Crippen LogP contribution in [0.3, 0.4) is 0 Å². The van der Waals surface area contributed by atoms with E-state index in [1.165, 1.54) is 11.8 Å². The Morgan fingerprint density at radius 3 is 2.55 bits per heavy atom. The van der Waals surface area contributed by atoms with Crippen molar-refractivity contribution in [1.82, 2.24) is 4.90 Å². The van der Waals surface area contributed by atoms with Gasteiger partial charge in [-0.15, -0.1) is 0 Å². The number of fused-ring (bicyclic) bond motifs is 1. The number of carbonyl (C=O) groups excluding carboxylic acids is 2. The van der Waals surface area contributed by atoms with E-state index in [-0.39, 0.29) is 12.0 Å². The minimum Gasteiger partial charge on any atom is -0.493 e. The Kier molecular flexibility index (Phi) is 6.67. The topological polar surface area (TPSA) is 68.2 Å². The summed E-state index contributed by atoms with van der Waals surface area (Å²) >= 11 is 1.54. The maximum absolute atomic E-state index is 12.9. The Morgan fingerprint density at radius 2 is 1.93 bits per heavy atom. The molecule has 1 aromatic rings. The van der Waals surface area contributed by atoms with Crippen LogP contribution in [0.25, 0.3) is 0 Å². The fourth-order valence-corrected chi connectivity index (χ4v) is 4.27. The van der Waals surface area contributed by atoms with Gasteiger partial charge in [-0.2, -0.15) is 0 Å². The van der Waals surface area contributed by atoms with Gasteiger partial charge in [0.05, 0.1) is 30.0 Å². The molecule has 0 N–H and O–H groups in total. The minimum absolute atomic E-state index is 0.0324. The molecular formula is C22H28N2O4S. The number of carbonyl (C=O) groups is 2. The number of rotatable bonds is 6. The Balaban J connectivity index is 2.00. The van der Waals surface area contributed by atoms with E-state index >= 15 is 0 Å². The van der Waals surface area contributed by atoms with Gasteiger partial charge >= 0.3 is 5.97 Å². The second-order valence-electron chi connectivity index (χ2n) is 7.89. The minimum atomic E-state index is -0.548. The molecule has 1 unspecified atom stereocenters. The van der Waals surface area contributed by atoms with Crippen LogP contribution >= 0.6 is 11.8 Å². The van der Waals surface area contributed by atoms with Gasteiger partial charge in [0.2, 0.25) is 5.91 Å². The third kappa shape index (κ3) is 4.83. The average molecular weight is 417 g/mol. The second kappa shape index (κ2) is 9.03. The van der Waals surface area contributed by atoms with Gasteiger partial charge in [-0.3, -0.25) is 9.69 Å². The number of ether oxygens (including phenoxy) is 2. The van der Waals surface area contributed by atoms with Gasteiger partial charge in [-0.25, -0.2) is 9.79 Å². The highest BCUT2D eigenvalue weighted by molar-refractivity contribution is 8.14. The Bertz CT molecular complexity index is 843. The molecule has 6 nitrogen and oxygen atoms in total. The van der Waals surface area contributed by atoms with E-state index < -0.39 is 12.0 Å². The Hall–Kier alpha value is -2.28. The predicted octanol–water partition coefficient (Wildman–Crippen LogP) is 4.32. The van der Waals surface area contributed by atoms with Crippen molar-refractivity contribution >= 4 is 28.8 Å². The van der Waals surface area contributed by atoms with Crippen LogP contribution in [-0.4, -0.2) is 40.4 Å². The van der Waals surface area contributed by atoms with Gasteiger partial charge in [0, 0.05) is 12.2 Å². The van der Waals surface area contributed by atoms with E-state index in [1.54, 1.807) is 11.8 Å². The maximum atomic E-state index is 12.9. The summed E-state index contributed by atoms with van der Waals surface area (Å²) in [6, 6.07) is 7.03. The van der Waals surface area contributed by atoms with Gasteiger partial charge in [-0.1, -0.05) is 37.7 Å². The molecule has 2 aliphatic heterocycles. The number of amides is 1. The summed E-state index contributed by atoms with van der Waals surface area (Å²) < 4.78 is 11.3. The second-order valence-corrected chi connectivity index (χ2v) is 8.95. The highest BCUT2D eigenvalue weighted by Gasteiger charge is 2.41. The molecule has 3 rings (SSSR count). The molecule has 1 fully saturated rings. The summed E-state index contributed by atoms with van der Waals surface area (Å²) in [7, 11) is 0. The van der Waals surface area contributed by atoms with Gasteiger partial charge < -0.3 is 9.47 Å². The highest BCUT2D eigenvalue weighted by atomic mass is 32.2. The standard InChI is InChI=1S/C22H28N2O4S/c1-13(2)12-27-17-8-6-16(7-9-17)20-19(21(26)28-14(3)4)15(5)23-22-24(20)18(25)10-11-29-22/h6-9,13-14,20H,10-12H2,1-5H3. The molecule has 0 spiro atoms. The molecule has 7 heteroatoms. The van der Waals surface area contributed by atoms with E-state index in [4.69, 9.17) is 9.47 Å². The molecule has 1 amide bonds. The summed E-state index contributed by atoms with van der Waals surface area (Å²) in [6.07, 6.45) is 0.161. The zero-order valence-electron chi connectivity index (χ0n) is 17.6. The van der Waals surface area contributed by atoms with Crippen LogP contribution in [0.15, 0.2) is 40.5 Å². The number of aliphatic imine (C=N–C) groups is 1. The quantitative estimate of drug-likeness (QED) is 0.646. The number of hydrogen-bond acceptors (Lipinski definition) is 6. The van der Waals surface area contributed by atoms with Crippen molar-refractivity contribution in [3.63, 3.8) is 0 Å². The normalized spacial score (nSPS) is 19.4. The van der Waals surface area contributed by atoms with E-state index in [1.807, 2.05) is 38.1 Å². The third-order valence-electron chi connectivity index (χ3n) is 4.55. The van der Waals surface area contributed by atoms with Crippen molar-refractivity contribution in [2.75, 3.05) is 12.4 Å². The first-order valence-electron chi connectivity index (χ1n) is 9.96. The lowest BCUT2D eigenvalue weighted by Crippen LogP contribution is -2.46. The summed E-state index contributed by atoms with van der Waals surface area (Å²) in [5.41, 5.74) is 1.84. The van der Waals surface area contributed by atoms with Crippen LogP contribution in [0.4, 0.5) is 0 Å². The fourth-order valence-electron chi connectivity index (χ4n) is 3.26. The van der Waals surface area contributed by atoms with Gasteiger partial charge in [0.1, 0.15) is 5.75 Å². The zero-order chi connectivity index (χ0) is 21.1. The molecule has 1 atom stereocenters. The van der Waals surface area contributed by atoms with Crippen molar-refractivity contribution < 1.29 is 19.1 Å². The van der Waals surface area contributed by atoms with Crippen LogP contribution < -0.4 is 4.74 Å². The van der Waals surface area contributed by atoms with Crippen molar-refractivity contribution in [2.24, 2.45) is 10.9 Å². The van der Waals surface area contributed by atoms with E-state index in [9.17, 15) is 9.59 Å². The Labute approximate surface area is 176 Å². The Morgan fingerprint density at radius 1 is 1.24 bits per heavy atom. The summed E-state index contributed by atoms with van der Waals surface area (Å²) in [4.78, 5) is 31.9. The monoisotopic (exact) mass is 416 g/mol. The predicted molar refractivity (Wildman–Crippen MR) is 115 cm³/mol. The molecule has 0 aromatic heterocycles. The van der Waals surface area contributed by atoms with Crippen LogP contribution in [0.2, 0.25) is 0 Å². The largest absolute Gasteiger partial charge is 0.493 e. The van der Waals surface area contributed by atoms with Crippen LogP contribution in [0, 0.1) is 5.92 Å². The number of amidine groups is 1. The maximum Gasteiger partial charge on any atom is 0.338 e. The summed E-state index contributed by atoms with van der Waals surface area (Å²) in [5, 5.41) is 0.644. The SMILES string of the molecule is CC1=C(C(=O)OC(C)C)C(c2ccc(OCC(C)C)cc2)N2C(=O)CCSC2=N1. The van der Waals surface area contributed by atoms with Crippen molar-refractivity contribution in [2.45, 2.75) is 53.2 Å². The molecule has 29 heavy (non-hydrogen) atoms. The molecule has 1 saturated heterocycles. The number of benzene rings is 1. The number of nitrogens with zero attached hydrogens (tertiary/aromatic N) is 2. The first kappa shape index (κ1) is 21.4. The molecule has 0 aliphatic carbocycles. The lowest BCUT2D eigenvalue weighted by molar-refractivity contribution is -0.143. The zero-order valence-corrected chi connectivity index (χ0v) is 18.4. The fraction of sp³-hybridized carbons (Fsp3) is 0.500. The molecule has 0 bridgehead atoms. The number of hydrogen-bond donors (Lipinski definition) is 0. The number of thioether (sulfide) groups is 1. The van der Waals surface area contributed by atoms with Crippen molar-refractivity contribution in [3.05, 3.63) is 41.1 Å². The van der Waals surface area contributed by atoms with E-state index in [2.05, 4.69) is 18.8 Å². The van der Waals surface area contributed by atoms with Crippen molar-refractivity contribution in [1.29, 1.82) is 0 Å². The summed E-state index contributed by atoms with van der Waals surface area (Å²) in [6.45, 7) is 10.2. The number of esters is 1. The molecule has 2 aliphatic rings. The lowest BCUT2D eigenvalue weighted by Gasteiger charge is -2.39. The molecule has 0 radical (unpaired) electrons. The first-order chi connectivity index (χ1) is 13.8. The van der Waals surface area contributed by atoms with E-state index in [0.29, 0.717) is 41.1 Å². The molecule has 1 aromatic carbocycles. The summed E-state index contributed by atoms with van der Waals surface area (Å²) in [5.74, 6) is 1.42. The van der Waals surface area contributed by atoms with Gasteiger partial charge in [-0.05, 0) is 44.4 Å². The lowest BCUT2D eigenvalue weighted by atomic mass is 9.94. The van der Waals surface area contributed by atoms with Crippen LogP contribution in [-0.2, 0) is 14.3 Å². The average Bonchev–Trinajstić information content (AvgIpc) is 2.65. The molecule has 2 heterocycles. The molecule has 156 valence electrons. The number of allylic oxidation sites excluding steroid dienone is 1. The molecular weight excluding hydrogens is 388 g/mol. The van der Waals surface area contributed by atoms with E-state index in [0.717, 1.165) is 11.3 Å². The van der Waals surface area contributed by atoms with Gasteiger partial charge in [0.15, 0.2) is 5.17 Å². The smallest absolute Gasteiger partial charge is 0.338 e. The van der Waals surface area contributed by atoms with Gasteiger partial charge in [0.25, 0.3) is 0 Å². The highest BCUT2D eigenvalue weighted by Crippen LogP contribution is 2.40.